The van der Waals surface area contributed by atoms with Crippen LogP contribution in [-0.4, -0.2) is 35.5 Å². The first-order valence-corrected chi connectivity index (χ1v) is 3.87. The molecule has 68 valence electrons. The van der Waals surface area contributed by atoms with Crippen molar-refractivity contribution in [2.24, 2.45) is 0 Å². The van der Waals surface area contributed by atoms with Gasteiger partial charge >= 0.3 is 35.5 Å². The summed E-state index contributed by atoms with van der Waals surface area (Å²) in [6.07, 6.45) is 4.18. The number of hydrogen-bond donors (Lipinski definition) is 0. The summed E-state index contributed by atoms with van der Waals surface area (Å²) >= 11 is 0. The van der Waals surface area contributed by atoms with Crippen molar-refractivity contribution in [1.29, 1.82) is 0 Å². The van der Waals surface area contributed by atoms with Crippen molar-refractivity contribution in [3.63, 3.8) is 0 Å². The topological polar surface area (TPSA) is 26.3 Å². The number of hydrogen-bond acceptors (Lipinski definition) is 2. The minimum atomic E-state index is -0.452. The standard InChI is InChI=1S/C11H10O2.Na.H/c1-2-11(12)13-9-8-10-6-4-3-5-7-10;;/h2-9H,1H2;;. The Morgan fingerprint density at radius 3 is 2.50 bits per heavy atom. The quantitative estimate of drug-likeness (QED) is 0.320. The molecule has 0 atom stereocenters. The summed E-state index contributed by atoms with van der Waals surface area (Å²) in [7, 11) is 0. The van der Waals surface area contributed by atoms with Crippen LogP contribution in [-0.2, 0) is 9.53 Å². The predicted octanol–water partition coefficient (Wildman–Crippen LogP) is 1.74. The third-order valence-electron chi connectivity index (χ3n) is 1.41. The van der Waals surface area contributed by atoms with Crippen molar-refractivity contribution in [3.8, 4) is 0 Å². The van der Waals surface area contributed by atoms with E-state index in [1.165, 1.54) is 6.26 Å². The molecule has 0 fully saturated rings. The monoisotopic (exact) mass is 198 g/mol. The zero-order valence-electron chi connectivity index (χ0n) is 7.14. The molecule has 0 unspecified atom stereocenters. The van der Waals surface area contributed by atoms with Gasteiger partial charge in [0.2, 0.25) is 0 Å². The maximum absolute atomic E-state index is 10.6. The van der Waals surface area contributed by atoms with Gasteiger partial charge in [-0.2, -0.15) is 0 Å². The molecule has 3 heteroatoms. The van der Waals surface area contributed by atoms with Gasteiger partial charge in [0, 0.05) is 6.08 Å². The van der Waals surface area contributed by atoms with Gasteiger partial charge in [0.05, 0.1) is 6.26 Å². The normalized spacial score (nSPS) is 9.14. The van der Waals surface area contributed by atoms with Crippen LogP contribution < -0.4 is 0 Å². The Morgan fingerprint density at radius 1 is 1.29 bits per heavy atom. The van der Waals surface area contributed by atoms with Gasteiger partial charge in [0.1, 0.15) is 0 Å². The maximum atomic E-state index is 10.6. The minimum absolute atomic E-state index is 0. The van der Waals surface area contributed by atoms with Crippen LogP contribution in [0.3, 0.4) is 0 Å². The summed E-state index contributed by atoms with van der Waals surface area (Å²) in [5.74, 6) is -0.452. The Morgan fingerprint density at radius 2 is 1.93 bits per heavy atom. The molecule has 1 rings (SSSR count). The van der Waals surface area contributed by atoms with E-state index in [1.807, 2.05) is 30.3 Å². The molecule has 0 heterocycles. The molecule has 0 aliphatic heterocycles. The number of ether oxygens (including phenoxy) is 1. The first-order chi connectivity index (χ1) is 6.33. The van der Waals surface area contributed by atoms with E-state index < -0.39 is 5.97 Å². The molecule has 0 aliphatic rings. The molecule has 1 aromatic carbocycles. The number of rotatable bonds is 3. The molecule has 0 N–H and O–H groups in total. The van der Waals surface area contributed by atoms with Crippen molar-refractivity contribution >= 4 is 41.6 Å². The van der Waals surface area contributed by atoms with E-state index in [0.717, 1.165) is 11.6 Å². The van der Waals surface area contributed by atoms with Crippen molar-refractivity contribution in [1.82, 2.24) is 0 Å². The van der Waals surface area contributed by atoms with Crippen LogP contribution in [0, 0.1) is 0 Å². The van der Waals surface area contributed by atoms with Crippen molar-refractivity contribution in [3.05, 3.63) is 54.8 Å². The molecular formula is C11H11NaO2. The fraction of sp³-hybridized carbons (Fsp3) is 0. The number of esters is 1. The van der Waals surface area contributed by atoms with Crippen LogP contribution in [0.1, 0.15) is 5.56 Å². The Kier molecular flexibility index (Phi) is 7.11. The van der Waals surface area contributed by atoms with Crippen LogP contribution in [0.2, 0.25) is 0 Å². The molecule has 14 heavy (non-hydrogen) atoms. The summed E-state index contributed by atoms with van der Waals surface area (Å²) in [6, 6.07) is 9.58. The van der Waals surface area contributed by atoms with E-state index in [1.54, 1.807) is 6.08 Å². The van der Waals surface area contributed by atoms with Crippen LogP contribution in [0.4, 0.5) is 0 Å². The zero-order chi connectivity index (χ0) is 9.52. The molecule has 0 aliphatic carbocycles. The fourth-order valence-electron chi connectivity index (χ4n) is 0.792. The summed E-state index contributed by atoms with van der Waals surface area (Å²) in [6.45, 7) is 3.28. The summed E-state index contributed by atoms with van der Waals surface area (Å²) in [5, 5.41) is 0. The first kappa shape index (κ1) is 13.2. The third-order valence-corrected chi connectivity index (χ3v) is 1.41. The van der Waals surface area contributed by atoms with Crippen LogP contribution >= 0.6 is 0 Å². The van der Waals surface area contributed by atoms with Crippen molar-refractivity contribution in [2.45, 2.75) is 0 Å². The summed E-state index contributed by atoms with van der Waals surface area (Å²) in [4.78, 5) is 10.6. The van der Waals surface area contributed by atoms with E-state index in [2.05, 4.69) is 11.3 Å². The molecule has 1 aromatic rings. The molecule has 2 nitrogen and oxygen atoms in total. The number of benzene rings is 1. The van der Waals surface area contributed by atoms with Gasteiger partial charge < -0.3 is 4.74 Å². The second-order valence-corrected chi connectivity index (χ2v) is 2.35. The molecule has 0 saturated heterocycles. The Hall–Kier alpha value is -0.830. The van der Waals surface area contributed by atoms with Gasteiger partial charge in [-0.15, -0.1) is 0 Å². The van der Waals surface area contributed by atoms with Crippen molar-refractivity contribution in [2.75, 3.05) is 0 Å². The number of carbonyl (C=O) groups is 1. The van der Waals surface area contributed by atoms with Crippen LogP contribution in [0.15, 0.2) is 49.2 Å². The van der Waals surface area contributed by atoms with E-state index in [0.29, 0.717) is 0 Å². The van der Waals surface area contributed by atoms with Gasteiger partial charge in [-0.3, -0.25) is 0 Å². The molecule has 0 amide bonds. The average Bonchev–Trinajstić information content (AvgIpc) is 2.19. The van der Waals surface area contributed by atoms with Gasteiger partial charge in [0.25, 0.3) is 0 Å². The predicted molar refractivity (Wildman–Crippen MR) is 58.9 cm³/mol. The average molecular weight is 198 g/mol. The summed E-state index contributed by atoms with van der Waals surface area (Å²) in [5.41, 5.74) is 0.986. The third kappa shape index (κ3) is 5.02. The SMILES string of the molecule is C=CC(=O)OC=Cc1ccccc1.[NaH]. The van der Waals surface area contributed by atoms with Gasteiger partial charge in [-0.25, -0.2) is 4.79 Å². The first-order valence-electron chi connectivity index (χ1n) is 3.87. The molecular weight excluding hydrogens is 187 g/mol. The van der Waals surface area contributed by atoms with Gasteiger partial charge in [-0.1, -0.05) is 36.9 Å². The molecule has 0 aromatic heterocycles. The van der Waals surface area contributed by atoms with E-state index in [9.17, 15) is 4.79 Å². The van der Waals surface area contributed by atoms with E-state index >= 15 is 0 Å². The van der Waals surface area contributed by atoms with E-state index in [-0.39, 0.29) is 29.6 Å². The summed E-state index contributed by atoms with van der Waals surface area (Å²) < 4.78 is 4.66. The molecule has 0 bridgehead atoms. The second-order valence-electron chi connectivity index (χ2n) is 2.35. The Labute approximate surface area is 106 Å². The molecule has 0 spiro atoms. The van der Waals surface area contributed by atoms with Crippen LogP contribution in [0.25, 0.3) is 6.08 Å². The fourth-order valence-corrected chi connectivity index (χ4v) is 0.792. The van der Waals surface area contributed by atoms with Gasteiger partial charge in [0.15, 0.2) is 0 Å². The van der Waals surface area contributed by atoms with Crippen LogP contribution in [0.5, 0.6) is 0 Å². The molecule has 0 saturated carbocycles. The van der Waals surface area contributed by atoms with Crippen molar-refractivity contribution < 1.29 is 9.53 Å². The number of carbonyl (C=O) groups excluding carboxylic acids is 1. The Bertz CT molecular complexity index is 317. The van der Waals surface area contributed by atoms with Gasteiger partial charge in [-0.05, 0) is 11.6 Å². The van der Waals surface area contributed by atoms with E-state index in [4.69, 9.17) is 0 Å². The zero-order valence-corrected chi connectivity index (χ0v) is 7.14. The molecule has 0 radical (unpaired) electrons. The Balaban J connectivity index is 0.00000169. The second kappa shape index (κ2) is 7.56.